The van der Waals surface area contributed by atoms with Gasteiger partial charge in [-0.1, -0.05) is 115 Å². The number of nitrogens with zero attached hydrogens (tertiary/aromatic N) is 4. The van der Waals surface area contributed by atoms with Crippen LogP contribution in [0.5, 0.6) is 0 Å². The predicted octanol–water partition coefficient (Wildman–Crippen LogP) is 8.21. The molecule has 0 fully saturated rings. The molecule has 0 bridgehead atoms. The van der Waals surface area contributed by atoms with Crippen LogP contribution >= 0.6 is 0 Å². The number of para-hydroxylation sites is 3. The summed E-state index contributed by atoms with van der Waals surface area (Å²) < 4.78 is 3.74. The maximum atomic E-state index is 14.7. The van der Waals surface area contributed by atoms with Crippen LogP contribution < -0.4 is 5.56 Å². The Hall–Kier alpha value is -5.81. The molecule has 0 aliphatic heterocycles. The number of aromatic nitrogens is 4. The molecular formula is C37H24N4O. The zero-order chi connectivity index (χ0) is 28.0. The second-order valence-electron chi connectivity index (χ2n) is 10.2. The van der Waals surface area contributed by atoms with Crippen molar-refractivity contribution in [3.8, 4) is 34.2 Å². The first kappa shape index (κ1) is 24.0. The molecule has 0 amide bonds. The lowest BCUT2D eigenvalue weighted by molar-refractivity contribution is 0.973. The molecule has 5 aromatic carbocycles. The molecule has 0 aliphatic carbocycles. The summed E-state index contributed by atoms with van der Waals surface area (Å²) in [5.41, 5.74) is 6.49. The smallest absolute Gasteiger partial charge is 0.275 e. The maximum Gasteiger partial charge on any atom is 0.280 e. The molecule has 5 heteroatoms. The largest absolute Gasteiger partial charge is 0.280 e. The maximum absolute atomic E-state index is 14.7. The lowest BCUT2D eigenvalue weighted by Gasteiger charge is -2.14. The van der Waals surface area contributed by atoms with Crippen LogP contribution in [0.4, 0.5) is 0 Å². The number of fused-ring (bicyclic) bond motifs is 5. The van der Waals surface area contributed by atoms with Crippen molar-refractivity contribution in [3.05, 3.63) is 156 Å². The van der Waals surface area contributed by atoms with Gasteiger partial charge in [0.2, 0.25) is 5.95 Å². The summed E-state index contributed by atoms with van der Waals surface area (Å²) in [7, 11) is 0. The van der Waals surface area contributed by atoms with Crippen molar-refractivity contribution in [1.82, 2.24) is 19.1 Å². The van der Waals surface area contributed by atoms with Gasteiger partial charge in [0.1, 0.15) is 5.52 Å². The van der Waals surface area contributed by atoms with Gasteiger partial charge in [-0.2, -0.15) is 0 Å². The van der Waals surface area contributed by atoms with Crippen molar-refractivity contribution in [2.75, 3.05) is 0 Å². The average molecular weight is 541 g/mol. The molecule has 0 spiro atoms. The molecule has 0 radical (unpaired) electrons. The van der Waals surface area contributed by atoms with Gasteiger partial charge in [0.15, 0.2) is 0 Å². The fraction of sp³-hybridized carbons (Fsp3) is 0. The molecule has 0 saturated heterocycles. The number of hydrogen-bond acceptors (Lipinski definition) is 3. The molecule has 5 nitrogen and oxygen atoms in total. The second-order valence-corrected chi connectivity index (χ2v) is 10.2. The average Bonchev–Trinajstić information content (AvgIpc) is 3.42. The first-order valence-corrected chi connectivity index (χ1v) is 13.9. The van der Waals surface area contributed by atoms with Crippen molar-refractivity contribution >= 4 is 32.7 Å². The SMILES string of the molecule is O=c1c2c(c3ccccc3n1-c1ccccc1)c1ccccc1n2-c1nc(-c2ccccc2)cc(-c2ccccc2)n1. The summed E-state index contributed by atoms with van der Waals surface area (Å²) in [6.07, 6.45) is 0. The van der Waals surface area contributed by atoms with E-state index in [1.807, 2.05) is 138 Å². The Morgan fingerprint density at radius 3 is 1.48 bits per heavy atom. The van der Waals surface area contributed by atoms with Crippen LogP contribution in [0.25, 0.3) is 66.9 Å². The van der Waals surface area contributed by atoms with E-state index in [4.69, 9.17) is 9.97 Å². The molecule has 8 rings (SSSR count). The summed E-state index contributed by atoms with van der Waals surface area (Å²) in [5.74, 6) is 0.452. The van der Waals surface area contributed by atoms with E-state index >= 15 is 0 Å². The predicted molar refractivity (Wildman–Crippen MR) is 170 cm³/mol. The molecule has 42 heavy (non-hydrogen) atoms. The topological polar surface area (TPSA) is 52.7 Å². The van der Waals surface area contributed by atoms with E-state index in [-0.39, 0.29) is 5.56 Å². The minimum absolute atomic E-state index is 0.124. The van der Waals surface area contributed by atoms with Crippen LogP contribution in [0.2, 0.25) is 0 Å². The Labute approximate surface area is 241 Å². The quantitative estimate of drug-likeness (QED) is 0.226. The third-order valence-electron chi connectivity index (χ3n) is 7.76. The van der Waals surface area contributed by atoms with E-state index in [9.17, 15) is 4.79 Å². The summed E-state index contributed by atoms with van der Waals surface area (Å²) in [6, 6.07) is 48.2. The van der Waals surface area contributed by atoms with Gasteiger partial charge < -0.3 is 0 Å². The Bertz CT molecular complexity index is 2250. The van der Waals surface area contributed by atoms with E-state index < -0.39 is 0 Å². The van der Waals surface area contributed by atoms with Gasteiger partial charge in [-0.05, 0) is 30.3 Å². The zero-order valence-electron chi connectivity index (χ0n) is 22.6. The normalized spacial score (nSPS) is 11.4. The molecule has 8 aromatic rings. The standard InChI is InChI=1S/C37H24N4O/c42-36-35-34(28-20-10-12-22-32(28)40(36)27-18-8-3-9-19-27)29-21-11-13-23-33(29)41(35)37-38-30(25-14-4-1-5-15-25)24-31(39-37)26-16-6-2-7-17-26/h1-24H. The van der Waals surface area contributed by atoms with Crippen LogP contribution in [0.3, 0.4) is 0 Å². The van der Waals surface area contributed by atoms with Crippen LogP contribution in [0, 0.1) is 0 Å². The second kappa shape index (κ2) is 9.68. The Kier molecular flexibility index (Phi) is 5.54. The molecular weight excluding hydrogens is 516 g/mol. The molecule has 0 N–H and O–H groups in total. The molecule has 3 aromatic heterocycles. The Morgan fingerprint density at radius 2 is 0.929 bits per heavy atom. The third kappa shape index (κ3) is 3.75. The Balaban J connectivity index is 1.55. The summed E-state index contributed by atoms with van der Waals surface area (Å²) in [6.45, 7) is 0. The van der Waals surface area contributed by atoms with Crippen LogP contribution in [-0.2, 0) is 0 Å². The lowest BCUT2D eigenvalue weighted by Crippen LogP contribution is -2.21. The fourth-order valence-electron chi connectivity index (χ4n) is 5.90. The minimum atomic E-state index is -0.124. The first-order valence-electron chi connectivity index (χ1n) is 13.9. The van der Waals surface area contributed by atoms with E-state index in [1.54, 1.807) is 4.57 Å². The number of hydrogen-bond donors (Lipinski definition) is 0. The van der Waals surface area contributed by atoms with Crippen LogP contribution in [0.1, 0.15) is 0 Å². The lowest BCUT2D eigenvalue weighted by atomic mass is 10.1. The van der Waals surface area contributed by atoms with Crippen molar-refractivity contribution in [2.24, 2.45) is 0 Å². The number of pyridine rings is 1. The van der Waals surface area contributed by atoms with Gasteiger partial charge in [-0.25, -0.2) is 9.97 Å². The van der Waals surface area contributed by atoms with Gasteiger partial charge in [0.05, 0.1) is 22.4 Å². The zero-order valence-corrected chi connectivity index (χ0v) is 22.6. The fourth-order valence-corrected chi connectivity index (χ4v) is 5.90. The minimum Gasteiger partial charge on any atom is -0.275 e. The van der Waals surface area contributed by atoms with Gasteiger partial charge >= 0.3 is 0 Å². The van der Waals surface area contributed by atoms with Gasteiger partial charge in [0.25, 0.3) is 5.56 Å². The third-order valence-corrected chi connectivity index (χ3v) is 7.76. The monoisotopic (exact) mass is 540 g/mol. The van der Waals surface area contributed by atoms with E-state index in [0.29, 0.717) is 11.5 Å². The van der Waals surface area contributed by atoms with Crippen molar-refractivity contribution in [3.63, 3.8) is 0 Å². The molecule has 3 heterocycles. The van der Waals surface area contributed by atoms with Gasteiger partial charge in [-0.3, -0.25) is 13.9 Å². The summed E-state index contributed by atoms with van der Waals surface area (Å²) in [4.78, 5) is 24.9. The molecule has 0 unspecified atom stereocenters. The van der Waals surface area contributed by atoms with Gasteiger partial charge in [-0.15, -0.1) is 0 Å². The summed E-state index contributed by atoms with van der Waals surface area (Å²) >= 11 is 0. The van der Waals surface area contributed by atoms with Crippen LogP contribution in [-0.4, -0.2) is 19.1 Å². The molecule has 0 atom stereocenters. The van der Waals surface area contributed by atoms with E-state index in [1.165, 1.54) is 0 Å². The van der Waals surface area contributed by atoms with Crippen molar-refractivity contribution in [1.29, 1.82) is 0 Å². The molecule has 0 aliphatic rings. The highest BCUT2D eigenvalue weighted by atomic mass is 16.1. The highest BCUT2D eigenvalue weighted by molar-refractivity contribution is 6.20. The highest BCUT2D eigenvalue weighted by Crippen LogP contribution is 2.36. The Morgan fingerprint density at radius 1 is 0.476 bits per heavy atom. The number of benzene rings is 5. The first-order chi connectivity index (χ1) is 20.8. The van der Waals surface area contributed by atoms with Crippen molar-refractivity contribution in [2.45, 2.75) is 0 Å². The summed E-state index contributed by atoms with van der Waals surface area (Å²) in [5, 5.41) is 2.87. The van der Waals surface area contributed by atoms with Crippen LogP contribution in [0.15, 0.2) is 150 Å². The van der Waals surface area contributed by atoms with E-state index in [0.717, 1.165) is 55.4 Å². The van der Waals surface area contributed by atoms with Crippen molar-refractivity contribution < 1.29 is 0 Å². The molecule has 0 saturated carbocycles. The van der Waals surface area contributed by atoms with E-state index in [2.05, 4.69) is 12.1 Å². The molecule has 198 valence electrons. The highest BCUT2D eigenvalue weighted by Gasteiger charge is 2.23. The number of rotatable bonds is 4. The van der Waals surface area contributed by atoms with Gasteiger partial charge in [0, 0.05) is 33.0 Å².